The minimum Gasteiger partial charge on any atom is -0.481 e. The molecule has 118 valence electrons. The van der Waals surface area contributed by atoms with E-state index in [1.165, 1.54) is 0 Å². The Hall–Kier alpha value is -1.71. The Morgan fingerprint density at radius 2 is 1.81 bits per heavy atom. The molecule has 4 heteroatoms. The number of nitrogen functional groups attached to an aromatic ring is 1. The fourth-order valence-corrected chi connectivity index (χ4v) is 1.98. The van der Waals surface area contributed by atoms with Crippen molar-refractivity contribution in [3.8, 4) is 5.75 Å². The fraction of sp³-hybridized carbons (Fsp3) is 0.588. The molecule has 0 aromatic heterocycles. The molecule has 0 saturated carbocycles. The van der Waals surface area contributed by atoms with E-state index < -0.39 is 6.10 Å². The number of anilines is 1. The lowest BCUT2D eigenvalue weighted by atomic mass is 9.99. The van der Waals surface area contributed by atoms with Crippen LogP contribution in [0, 0.1) is 6.92 Å². The fourth-order valence-electron chi connectivity index (χ4n) is 1.98. The van der Waals surface area contributed by atoms with Crippen molar-refractivity contribution in [1.29, 1.82) is 0 Å². The van der Waals surface area contributed by atoms with E-state index in [0.29, 0.717) is 0 Å². The van der Waals surface area contributed by atoms with Crippen molar-refractivity contribution in [3.05, 3.63) is 23.3 Å². The molecule has 1 atom stereocenters. The number of aryl methyl sites for hydroxylation is 1. The molecule has 1 aromatic carbocycles. The van der Waals surface area contributed by atoms with E-state index in [1.807, 2.05) is 39.8 Å². The summed E-state index contributed by atoms with van der Waals surface area (Å²) in [6.07, 6.45) is -0.551. The molecule has 4 nitrogen and oxygen atoms in total. The first-order valence-corrected chi connectivity index (χ1v) is 7.40. The Bertz CT molecular complexity index is 516. The highest BCUT2D eigenvalue weighted by Crippen LogP contribution is 2.31. The zero-order chi connectivity index (χ0) is 16.4. The van der Waals surface area contributed by atoms with E-state index in [2.05, 4.69) is 19.2 Å². The van der Waals surface area contributed by atoms with Gasteiger partial charge in [0, 0.05) is 11.2 Å². The number of carbonyl (C=O) groups is 1. The van der Waals surface area contributed by atoms with Gasteiger partial charge >= 0.3 is 0 Å². The molecule has 0 spiro atoms. The second-order valence-corrected chi connectivity index (χ2v) is 6.90. The summed E-state index contributed by atoms with van der Waals surface area (Å²) >= 11 is 0. The molecule has 0 aliphatic carbocycles. The molecule has 0 heterocycles. The number of nitrogens with one attached hydrogen (secondary N) is 1. The summed E-state index contributed by atoms with van der Waals surface area (Å²) in [6, 6.07) is 3.84. The van der Waals surface area contributed by atoms with Crippen molar-refractivity contribution in [2.75, 3.05) is 5.73 Å². The summed E-state index contributed by atoms with van der Waals surface area (Å²) in [5.74, 6) is 0.890. The summed E-state index contributed by atoms with van der Waals surface area (Å²) in [4.78, 5) is 12.1. The molecule has 0 bridgehead atoms. The summed E-state index contributed by atoms with van der Waals surface area (Å²) < 4.78 is 5.88. The van der Waals surface area contributed by atoms with Crippen molar-refractivity contribution < 1.29 is 9.53 Å². The highest BCUT2D eigenvalue weighted by Gasteiger charge is 2.22. The van der Waals surface area contributed by atoms with Crippen molar-refractivity contribution >= 4 is 11.6 Å². The summed E-state index contributed by atoms with van der Waals surface area (Å²) in [5.41, 5.74) is 8.42. The minimum atomic E-state index is -0.551. The van der Waals surface area contributed by atoms with Crippen LogP contribution in [0.4, 0.5) is 5.69 Å². The van der Waals surface area contributed by atoms with Gasteiger partial charge in [0.2, 0.25) is 0 Å². The Morgan fingerprint density at radius 1 is 1.24 bits per heavy atom. The van der Waals surface area contributed by atoms with Gasteiger partial charge in [0.15, 0.2) is 6.10 Å². The van der Waals surface area contributed by atoms with Crippen molar-refractivity contribution in [3.63, 3.8) is 0 Å². The molecule has 1 unspecified atom stereocenters. The first-order valence-electron chi connectivity index (χ1n) is 7.40. The number of hydrogen-bond acceptors (Lipinski definition) is 3. The normalized spacial score (nSPS) is 13.1. The third-order valence-electron chi connectivity index (χ3n) is 3.19. The van der Waals surface area contributed by atoms with Crippen LogP contribution in [0.1, 0.15) is 58.6 Å². The van der Waals surface area contributed by atoms with Gasteiger partial charge in [0.05, 0.1) is 0 Å². The molecule has 21 heavy (non-hydrogen) atoms. The summed E-state index contributed by atoms with van der Waals surface area (Å²) in [6.45, 7) is 13.7. The average Bonchev–Trinajstić information content (AvgIpc) is 2.30. The van der Waals surface area contributed by atoms with Gasteiger partial charge < -0.3 is 15.8 Å². The van der Waals surface area contributed by atoms with Crippen LogP contribution in [-0.2, 0) is 4.79 Å². The maximum absolute atomic E-state index is 12.1. The Morgan fingerprint density at radius 3 is 2.29 bits per heavy atom. The molecule has 1 amide bonds. The lowest BCUT2D eigenvalue weighted by Gasteiger charge is -2.25. The third kappa shape index (κ3) is 4.96. The van der Waals surface area contributed by atoms with E-state index in [0.717, 1.165) is 22.6 Å². The van der Waals surface area contributed by atoms with E-state index in [4.69, 9.17) is 10.5 Å². The minimum absolute atomic E-state index is 0.119. The van der Waals surface area contributed by atoms with Crippen LogP contribution in [0.2, 0.25) is 0 Å². The first kappa shape index (κ1) is 17.3. The van der Waals surface area contributed by atoms with Gasteiger partial charge in [-0.3, -0.25) is 4.79 Å². The Kier molecular flexibility index (Phi) is 5.26. The number of ether oxygens (including phenoxy) is 1. The Balaban J connectivity index is 2.96. The summed E-state index contributed by atoms with van der Waals surface area (Å²) in [5, 5.41) is 2.93. The van der Waals surface area contributed by atoms with Crippen molar-refractivity contribution in [2.24, 2.45) is 0 Å². The molecule has 0 radical (unpaired) electrons. The topological polar surface area (TPSA) is 64.3 Å². The number of amides is 1. The van der Waals surface area contributed by atoms with Crippen LogP contribution >= 0.6 is 0 Å². The van der Waals surface area contributed by atoms with Gasteiger partial charge in [-0.05, 0) is 63.8 Å². The maximum Gasteiger partial charge on any atom is 0.261 e. The highest BCUT2D eigenvalue weighted by molar-refractivity contribution is 5.81. The van der Waals surface area contributed by atoms with Gasteiger partial charge in [-0.25, -0.2) is 0 Å². The second kappa shape index (κ2) is 6.37. The van der Waals surface area contributed by atoms with Crippen LogP contribution < -0.4 is 15.8 Å². The quantitative estimate of drug-likeness (QED) is 0.836. The standard InChI is InChI=1S/C17H28N2O2/c1-10(2)13-9-14(18)11(3)8-15(13)21-12(4)16(20)19-17(5,6)7/h8-10,12H,18H2,1-7H3,(H,19,20). The van der Waals surface area contributed by atoms with Gasteiger partial charge in [0.25, 0.3) is 5.91 Å². The van der Waals surface area contributed by atoms with E-state index in [9.17, 15) is 4.79 Å². The van der Waals surface area contributed by atoms with Crippen LogP contribution in [0.5, 0.6) is 5.75 Å². The van der Waals surface area contributed by atoms with Crippen LogP contribution in [0.15, 0.2) is 12.1 Å². The van der Waals surface area contributed by atoms with E-state index in [1.54, 1.807) is 6.92 Å². The maximum atomic E-state index is 12.1. The molecule has 1 aromatic rings. The molecular weight excluding hydrogens is 264 g/mol. The number of hydrogen-bond donors (Lipinski definition) is 2. The van der Waals surface area contributed by atoms with Crippen LogP contribution in [0.25, 0.3) is 0 Å². The predicted molar refractivity (Wildman–Crippen MR) is 87.7 cm³/mol. The predicted octanol–water partition coefficient (Wildman–Crippen LogP) is 3.38. The van der Waals surface area contributed by atoms with Gasteiger partial charge in [-0.1, -0.05) is 13.8 Å². The number of rotatable bonds is 4. The lowest BCUT2D eigenvalue weighted by Crippen LogP contribution is -2.46. The molecule has 0 aliphatic rings. The summed E-state index contributed by atoms with van der Waals surface area (Å²) in [7, 11) is 0. The zero-order valence-electron chi connectivity index (χ0n) is 14.2. The van der Waals surface area contributed by atoms with Gasteiger partial charge in [-0.2, -0.15) is 0 Å². The second-order valence-electron chi connectivity index (χ2n) is 6.90. The highest BCUT2D eigenvalue weighted by atomic mass is 16.5. The smallest absolute Gasteiger partial charge is 0.261 e. The molecule has 0 saturated heterocycles. The van der Waals surface area contributed by atoms with Crippen LogP contribution in [-0.4, -0.2) is 17.6 Å². The molecule has 3 N–H and O–H groups in total. The monoisotopic (exact) mass is 292 g/mol. The number of benzene rings is 1. The molecule has 1 rings (SSSR count). The molecule has 0 fully saturated rings. The van der Waals surface area contributed by atoms with E-state index in [-0.39, 0.29) is 17.4 Å². The van der Waals surface area contributed by atoms with Gasteiger partial charge in [-0.15, -0.1) is 0 Å². The van der Waals surface area contributed by atoms with Crippen molar-refractivity contribution in [1.82, 2.24) is 5.32 Å². The Labute approximate surface area is 128 Å². The van der Waals surface area contributed by atoms with Crippen molar-refractivity contribution in [2.45, 2.75) is 66.0 Å². The van der Waals surface area contributed by atoms with Gasteiger partial charge in [0.1, 0.15) is 5.75 Å². The largest absolute Gasteiger partial charge is 0.481 e. The van der Waals surface area contributed by atoms with Crippen LogP contribution in [0.3, 0.4) is 0 Å². The zero-order valence-corrected chi connectivity index (χ0v) is 14.2. The average molecular weight is 292 g/mol. The SMILES string of the molecule is Cc1cc(OC(C)C(=O)NC(C)(C)C)c(C(C)C)cc1N. The number of nitrogens with two attached hydrogens (primary N) is 1. The molecular formula is C17H28N2O2. The third-order valence-corrected chi connectivity index (χ3v) is 3.19. The van der Waals surface area contributed by atoms with E-state index >= 15 is 0 Å². The number of carbonyl (C=O) groups excluding carboxylic acids is 1. The first-order chi connectivity index (χ1) is 9.51. The lowest BCUT2D eigenvalue weighted by molar-refractivity contribution is -0.128. The molecule has 0 aliphatic heterocycles.